The highest BCUT2D eigenvalue weighted by atomic mass is 19.2. The second kappa shape index (κ2) is 6.36. The van der Waals surface area contributed by atoms with Crippen LogP contribution >= 0.6 is 0 Å². The zero-order valence-corrected chi connectivity index (χ0v) is 10.5. The number of Topliss-reactive ketones (excluding diaryl/α,β-unsaturated/α-hetero) is 1. The van der Waals surface area contributed by atoms with Crippen LogP contribution in [0.3, 0.4) is 0 Å². The smallest absolute Gasteiger partial charge is 0.316 e. The van der Waals surface area contributed by atoms with E-state index in [0.29, 0.717) is 6.07 Å². The minimum absolute atomic E-state index is 0.0723. The van der Waals surface area contributed by atoms with Crippen LogP contribution in [-0.4, -0.2) is 18.4 Å². The minimum atomic E-state index is -1.39. The Balaban J connectivity index is 3.11. The zero-order chi connectivity index (χ0) is 14.6. The molecule has 19 heavy (non-hydrogen) atoms. The summed E-state index contributed by atoms with van der Waals surface area (Å²) in [6.07, 6.45) is 0.0795. The maximum atomic E-state index is 13.4. The van der Waals surface area contributed by atoms with Crippen LogP contribution in [0.5, 0.6) is 0 Å². The molecule has 1 unspecified atom stereocenters. The lowest BCUT2D eigenvalue weighted by Gasteiger charge is -2.13. The fraction of sp³-hybridized carbons (Fsp3) is 0.385. The largest absolute Gasteiger partial charge is 0.465 e. The van der Waals surface area contributed by atoms with Crippen LogP contribution in [0, 0.1) is 23.4 Å². The molecule has 0 fully saturated rings. The molecule has 6 heteroatoms. The summed E-state index contributed by atoms with van der Waals surface area (Å²) in [5.74, 6) is -6.89. The van der Waals surface area contributed by atoms with Gasteiger partial charge in [-0.2, -0.15) is 0 Å². The minimum Gasteiger partial charge on any atom is -0.465 e. The van der Waals surface area contributed by atoms with E-state index in [4.69, 9.17) is 0 Å². The van der Waals surface area contributed by atoms with E-state index in [1.165, 1.54) is 6.92 Å². The van der Waals surface area contributed by atoms with Gasteiger partial charge >= 0.3 is 5.97 Å². The van der Waals surface area contributed by atoms with Crippen LogP contribution in [0.1, 0.15) is 30.6 Å². The molecule has 0 aliphatic heterocycles. The van der Waals surface area contributed by atoms with E-state index in [1.807, 2.05) is 0 Å². The Morgan fingerprint density at radius 3 is 2.21 bits per heavy atom. The third-order valence-electron chi connectivity index (χ3n) is 2.57. The number of carbonyl (C=O) groups excluding carboxylic acids is 2. The van der Waals surface area contributed by atoms with Gasteiger partial charge in [-0.25, -0.2) is 13.2 Å². The van der Waals surface area contributed by atoms with Gasteiger partial charge in [0.25, 0.3) is 0 Å². The number of ether oxygens (including phenoxy) is 1. The van der Waals surface area contributed by atoms with E-state index in [0.717, 1.165) is 0 Å². The lowest BCUT2D eigenvalue weighted by Crippen LogP contribution is -2.26. The Labute approximate surface area is 108 Å². The molecule has 0 radical (unpaired) electrons. The second-order valence-corrected chi connectivity index (χ2v) is 3.82. The number of halogens is 3. The first kappa shape index (κ1) is 15.2. The molecule has 104 valence electrons. The van der Waals surface area contributed by atoms with E-state index in [-0.39, 0.29) is 19.1 Å². The number of esters is 1. The maximum Gasteiger partial charge on any atom is 0.316 e. The predicted molar refractivity (Wildman–Crippen MR) is 61.1 cm³/mol. The molecule has 0 N–H and O–H groups in total. The van der Waals surface area contributed by atoms with E-state index in [9.17, 15) is 22.8 Å². The van der Waals surface area contributed by atoms with Crippen LogP contribution < -0.4 is 0 Å². The molecule has 3 nitrogen and oxygen atoms in total. The summed E-state index contributed by atoms with van der Waals surface area (Å²) in [5, 5.41) is 0. The van der Waals surface area contributed by atoms with E-state index in [2.05, 4.69) is 4.74 Å². The van der Waals surface area contributed by atoms with Crippen LogP contribution in [0.25, 0.3) is 0 Å². The number of benzene rings is 1. The average molecular weight is 274 g/mol. The van der Waals surface area contributed by atoms with Gasteiger partial charge in [-0.3, -0.25) is 9.59 Å². The summed E-state index contributed by atoms with van der Waals surface area (Å²) < 4.78 is 43.9. The van der Waals surface area contributed by atoms with Crippen molar-refractivity contribution >= 4 is 11.8 Å². The van der Waals surface area contributed by atoms with Crippen LogP contribution in [-0.2, 0) is 9.53 Å². The highest BCUT2D eigenvalue weighted by molar-refractivity contribution is 6.08. The molecule has 0 heterocycles. The van der Waals surface area contributed by atoms with Crippen molar-refractivity contribution in [1.29, 1.82) is 0 Å². The van der Waals surface area contributed by atoms with E-state index >= 15 is 0 Å². The van der Waals surface area contributed by atoms with Gasteiger partial charge in [-0.05, 0) is 19.4 Å². The molecule has 1 aromatic carbocycles. The monoisotopic (exact) mass is 274 g/mol. The first-order valence-corrected chi connectivity index (χ1v) is 5.77. The number of rotatable bonds is 5. The zero-order valence-electron chi connectivity index (χ0n) is 10.5. The van der Waals surface area contributed by atoms with Crippen molar-refractivity contribution in [2.45, 2.75) is 20.3 Å². The van der Waals surface area contributed by atoms with Gasteiger partial charge in [0.05, 0.1) is 12.2 Å². The van der Waals surface area contributed by atoms with Crippen molar-refractivity contribution < 1.29 is 27.5 Å². The summed E-state index contributed by atoms with van der Waals surface area (Å²) in [6, 6.07) is 0.731. The SMILES string of the molecule is CCOC(=O)C(CC)C(=O)c1cc(F)c(F)cc1F. The van der Waals surface area contributed by atoms with Crippen LogP contribution in [0.2, 0.25) is 0 Å². The molecular formula is C13H13F3O3. The summed E-state index contributed by atoms with van der Waals surface area (Å²) in [7, 11) is 0. The Bertz CT molecular complexity index is 500. The average Bonchev–Trinajstić information content (AvgIpc) is 2.34. The summed E-state index contributed by atoms with van der Waals surface area (Å²) in [4.78, 5) is 23.5. The topological polar surface area (TPSA) is 43.4 Å². The third-order valence-corrected chi connectivity index (χ3v) is 2.57. The van der Waals surface area contributed by atoms with Gasteiger partial charge in [0.1, 0.15) is 11.7 Å². The number of carbonyl (C=O) groups is 2. The van der Waals surface area contributed by atoms with Crippen molar-refractivity contribution in [3.8, 4) is 0 Å². The van der Waals surface area contributed by atoms with Crippen LogP contribution in [0.15, 0.2) is 12.1 Å². The molecule has 0 amide bonds. The van der Waals surface area contributed by atoms with Crippen molar-refractivity contribution in [3.63, 3.8) is 0 Å². The van der Waals surface area contributed by atoms with Gasteiger partial charge in [0, 0.05) is 6.07 Å². The fourth-order valence-electron chi connectivity index (χ4n) is 1.60. The third kappa shape index (κ3) is 3.33. The quantitative estimate of drug-likeness (QED) is 0.359. The van der Waals surface area contributed by atoms with Gasteiger partial charge in [0.2, 0.25) is 0 Å². The lowest BCUT2D eigenvalue weighted by molar-refractivity contribution is -0.146. The standard InChI is InChI=1S/C13H13F3O3/c1-3-7(13(18)19-4-2)12(17)8-5-10(15)11(16)6-9(8)14/h5-7H,3-4H2,1-2H3. The summed E-state index contributed by atoms with van der Waals surface area (Å²) in [6.45, 7) is 3.17. The molecule has 0 saturated heterocycles. The fourth-order valence-corrected chi connectivity index (χ4v) is 1.60. The van der Waals surface area contributed by atoms with Crippen molar-refractivity contribution in [2.75, 3.05) is 6.61 Å². The lowest BCUT2D eigenvalue weighted by atomic mass is 9.95. The molecule has 1 aromatic rings. The normalized spacial score (nSPS) is 12.1. The second-order valence-electron chi connectivity index (χ2n) is 3.82. The first-order valence-electron chi connectivity index (χ1n) is 5.77. The number of hydrogen-bond donors (Lipinski definition) is 0. The van der Waals surface area contributed by atoms with E-state index in [1.54, 1.807) is 6.92 Å². The van der Waals surface area contributed by atoms with Gasteiger partial charge in [-0.1, -0.05) is 6.92 Å². The number of ketones is 1. The Morgan fingerprint density at radius 1 is 1.11 bits per heavy atom. The molecule has 0 aliphatic carbocycles. The van der Waals surface area contributed by atoms with Crippen molar-refractivity contribution in [1.82, 2.24) is 0 Å². The van der Waals surface area contributed by atoms with Gasteiger partial charge < -0.3 is 4.74 Å². The summed E-state index contributed by atoms with van der Waals surface area (Å²) >= 11 is 0. The highest BCUT2D eigenvalue weighted by Gasteiger charge is 2.29. The molecule has 0 spiro atoms. The predicted octanol–water partition coefficient (Wildman–Crippen LogP) is 2.88. The Kier molecular flexibility index (Phi) is 5.09. The van der Waals surface area contributed by atoms with Crippen LogP contribution in [0.4, 0.5) is 13.2 Å². The number of hydrogen-bond acceptors (Lipinski definition) is 3. The van der Waals surface area contributed by atoms with Crippen molar-refractivity contribution in [3.05, 3.63) is 35.1 Å². The van der Waals surface area contributed by atoms with Gasteiger partial charge in [0.15, 0.2) is 17.4 Å². The first-order chi connectivity index (χ1) is 8.92. The Hall–Kier alpha value is -1.85. The molecule has 0 aromatic heterocycles. The molecule has 0 bridgehead atoms. The maximum absolute atomic E-state index is 13.4. The molecule has 1 rings (SSSR count). The molecule has 0 saturated carbocycles. The molecule has 1 atom stereocenters. The summed E-state index contributed by atoms with van der Waals surface area (Å²) in [5.41, 5.74) is -0.654. The highest BCUT2D eigenvalue weighted by Crippen LogP contribution is 2.20. The van der Waals surface area contributed by atoms with E-state index < -0.39 is 40.7 Å². The molecule has 0 aliphatic rings. The molecular weight excluding hydrogens is 261 g/mol. The van der Waals surface area contributed by atoms with Crippen molar-refractivity contribution in [2.24, 2.45) is 5.92 Å². The van der Waals surface area contributed by atoms with Gasteiger partial charge in [-0.15, -0.1) is 0 Å². The Morgan fingerprint density at radius 2 is 1.68 bits per heavy atom.